The number of benzene rings is 1. The number of rotatable bonds is 3. The number of sulfonamides is 1. The number of aromatic nitrogens is 2. The van der Waals surface area contributed by atoms with Crippen LogP contribution in [0.15, 0.2) is 58.1 Å². The number of anilines is 1. The Morgan fingerprint density at radius 3 is 2.88 bits per heavy atom. The molecule has 3 N–H and O–H groups in total. The van der Waals surface area contributed by atoms with E-state index in [1.54, 1.807) is 12.1 Å². The van der Waals surface area contributed by atoms with Crippen molar-refractivity contribution in [2.24, 2.45) is 4.40 Å². The fourth-order valence-corrected chi connectivity index (χ4v) is 3.68. The fraction of sp³-hybridized carbons (Fsp3) is 0.0625. The molecule has 3 heterocycles. The number of para-hydroxylation sites is 1. The van der Waals surface area contributed by atoms with Crippen LogP contribution in [0.1, 0.15) is 10.5 Å². The van der Waals surface area contributed by atoms with Crippen molar-refractivity contribution in [3.63, 3.8) is 0 Å². The molecule has 1 aliphatic heterocycles. The number of amides is 1. The number of pyridine rings is 1. The van der Waals surface area contributed by atoms with Gasteiger partial charge in [0.15, 0.2) is 0 Å². The molecule has 0 spiro atoms. The molecule has 1 aliphatic rings. The molecule has 0 saturated carbocycles. The molecule has 0 atom stereocenters. The highest BCUT2D eigenvalue weighted by Gasteiger charge is 2.25. The molecule has 0 saturated heterocycles. The van der Waals surface area contributed by atoms with Crippen LogP contribution in [-0.4, -0.2) is 36.7 Å². The van der Waals surface area contributed by atoms with Gasteiger partial charge in [-0.25, -0.2) is 0 Å². The smallest absolute Gasteiger partial charge is 0.287 e. The zero-order valence-electron chi connectivity index (χ0n) is 12.9. The highest BCUT2D eigenvalue weighted by atomic mass is 32.2. The van der Waals surface area contributed by atoms with Gasteiger partial charge in [0.2, 0.25) is 0 Å². The quantitative estimate of drug-likeness (QED) is 0.658. The van der Waals surface area contributed by atoms with Crippen molar-refractivity contribution in [1.82, 2.24) is 15.3 Å². The number of H-pyrrole nitrogens is 1. The lowest BCUT2D eigenvalue weighted by atomic mass is 10.2. The topological polar surface area (TPSA) is 116 Å². The second-order valence-electron chi connectivity index (χ2n) is 5.46. The van der Waals surface area contributed by atoms with Gasteiger partial charge >= 0.3 is 0 Å². The molecule has 126 valence electrons. The molecule has 0 fully saturated rings. The number of hydrogen-bond acceptors (Lipinski definition) is 5. The van der Waals surface area contributed by atoms with Crippen molar-refractivity contribution in [2.75, 3.05) is 11.9 Å². The normalized spacial score (nSPS) is 15.1. The maximum atomic E-state index is 12.3. The van der Waals surface area contributed by atoms with E-state index in [1.165, 1.54) is 12.4 Å². The van der Waals surface area contributed by atoms with Crippen molar-refractivity contribution in [3.8, 4) is 0 Å². The van der Waals surface area contributed by atoms with Gasteiger partial charge in [0, 0.05) is 23.3 Å². The van der Waals surface area contributed by atoms with Crippen LogP contribution in [0.3, 0.4) is 0 Å². The minimum atomic E-state index is -3.82. The average Bonchev–Trinajstić information content (AvgIpc) is 3.03. The van der Waals surface area contributed by atoms with Crippen molar-refractivity contribution in [3.05, 3.63) is 54.5 Å². The van der Waals surface area contributed by atoms with E-state index in [-0.39, 0.29) is 23.2 Å². The molecule has 3 aromatic rings. The summed E-state index contributed by atoms with van der Waals surface area (Å²) in [6, 6.07) is 10.8. The Balaban J connectivity index is 1.52. The second-order valence-corrected chi connectivity index (χ2v) is 7.04. The van der Waals surface area contributed by atoms with Crippen LogP contribution in [-0.2, 0) is 10.0 Å². The van der Waals surface area contributed by atoms with E-state index >= 15 is 0 Å². The van der Waals surface area contributed by atoms with Crippen LogP contribution in [0.4, 0.5) is 5.69 Å². The average molecular weight is 355 g/mol. The molecular weight excluding hydrogens is 342 g/mol. The van der Waals surface area contributed by atoms with E-state index in [2.05, 4.69) is 25.0 Å². The number of amidine groups is 1. The number of carbonyl (C=O) groups is 1. The molecule has 0 bridgehead atoms. The number of nitrogens with zero attached hydrogens (tertiary/aromatic N) is 2. The van der Waals surface area contributed by atoms with E-state index in [9.17, 15) is 13.2 Å². The van der Waals surface area contributed by atoms with Gasteiger partial charge in [0.25, 0.3) is 15.9 Å². The largest absolute Gasteiger partial charge is 0.351 e. The molecule has 1 amide bonds. The fourth-order valence-electron chi connectivity index (χ4n) is 2.59. The van der Waals surface area contributed by atoms with Crippen LogP contribution in [0, 0.1) is 0 Å². The molecule has 25 heavy (non-hydrogen) atoms. The molecule has 0 unspecified atom stereocenters. The summed E-state index contributed by atoms with van der Waals surface area (Å²) in [7, 11) is -3.82. The van der Waals surface area contributed by atoms with E-state index in [4.69, 9.17) is 0 Å². The molecular formula is C16H13N5O3S. The Morgan fingerprint density at radius 1 is 1.20 bits per heavy atom. The van der Waals surface area contributed by atoms with Gasteiger partial charge in [-0.3, -0.25) is 9.78 Å². The maximum absolute atomic E-state index is 12.3. The van der Waals surface area contributed by atoms with Crippen molar-refractivity contribution in [2.45, 2.75) is 4.90 Å². The number of aromatic amines is 1. The van der Waals surface area contributed by atoms with E-state index < -0.39 is 10.0 Å². The third-order valence-corrected chi connectivity index (χ3v) is 5.10. The van der Waals surface area contributed by atoms with Crippen molar-refractivity contribution in [1.29, 1.82) is 0 Å². The summed E-state index contributed by atoms with van der Waals surface area (Å²) in [5.74, 6) is -0.207. The minimum absolute atomic E-state index is 0.0145. The zero-order valence-corrected chi connectivity index (χ0v) is 13.7. The molecule has 2 aromatic heterocycles. The van der Waals surface area contributed by atoms with Crippen LogP contribution in [0.25, 0.3) is 10.9 Å². The van der Waals surface area contributed by atoms with Gasteiger partial charge in [-0.15, -0.1) is 4.40 Å². The first-order chi connectivity index (χ1) is 12.0. The van der Waals surface area contributed by atoms with Gasteiger partial charge in [-0.1, -0.05) is 18.2 Å². The lowest BCUT2D eigenvalue weighted by Crippen LogP contribution is -2.35. The Bertz CT molecular complexity index is 1080. The molecule has 0 radical (unpaired) electrons. The Morgan fingerprint density at radius 2 is 2.04 bits per heavy atom. The summed E-state index contributed by atoms with van der Waals surface area (Å²) in [6.07, 6.45) is 2.72. The van der Waals surface area contributed by atoms with Crippen LogP contribution < -0.4 is 10.6 Å². The lowest BCUT2D eigenvalue weighted by molar-refractivity contribution is 0.0955. The maximum Gasteiger partial charge on any atom is 0.287 e. The first-order valence-electron chi connectivity index (χ1n) is 7.44. The van der Waals surface area contributed by atoms with E-state index in [0.717, 1.165) is 10.9 Å². The monoisotopic (exact) mass is 355 g/mol. The SMILES string of the molecule is O=C(NCC1=NS(=O)(=O)c2cnccc2N1)c1cc2ccccc2[nH]1. The third kappa shape index (κ3) is 2.85. The predicted molar refractivity (Wildman–Crippen MR) is 93.1 cm³/mol. The number of fused-ring (bicyclic) bond motifs is 2. The van der Waals surface area contributed by atoms with Gasteiger partial charge in [-0.05, 0) is 18.2 Å². The molecule has 1 aromatic carbocycles. The highest BCUT2D eigenvalue weighted by Crippen LogP contribution is 2.25. The van der Waals surface area contributed by atoms with Gasteiger partial charge in [0.05, 0.1) is 12.2 Å². The molecule has 9 heteroatoms. The summed E-state index contributed by atoms with van der Waals surface area (Å²) >= 11 is 0. The van der Waals surface area contributed by atoms with Crippen LogP contribution in [0.2, 0.25) is 0 Å². The standard InChI is InChI=1S/C16H13N5O3S/c22-16(13-7-10-3-1-2-4-11(10)19-13)18-9-15-20-12-5-6-17-8-14(12)25(23,24)21-15/h1-8,19H,9H2,(H,18,22)(H,20,21). The van der Waals surface area contributed by atoms with Gasteiger partial charge in [-0.2, -0.15) is 8.42 Å². The number of nitrogens with one attached hydrogen (secondary N) is 3. The molecule has 4 rings (SSSR count). The van der Waals surface area contributed by atoms with Crippen LogP contribution >= 0.6 is 0 Å². The summed E-state index contributed by atoms with van der Waals surface area (Å²) in [5.41, 5.74) is 1.63. The lowest BCUT2D eigenvalue weighted by Gasteiger charge is -2.17. The van der Waals surface area contributed by atoms with Crippen molar-refractivity contribution >= 4 is 38.4 Å². The van der Waals surface area contributed by atoms with E-state index in [0.29, 0.717) is 11.4 Å². The first kappa shape index (κ1) is 15.3. The molecule has 0 aliphatic carbocycles. The first-order valence-corrected chi connectivity index (χ1v) is 8.88. The predicted octanol–water partition coefficient (Wildman–Crippen LogP) is 1.51. The minimum Gasteiger partial charge on any atom is -0.351 e. The Kier molecular flexibility index (Phi) is 3.50. The molecule has 8 nitrogen and oxygen atoms in total. The summed E-state index contributed by atoms with van der Waals surface area (Å²) in [4.78, 5) is 19.1. The highest BCUT2D eigenvalue weighted by molar-refractivity contribution is 7.90. The Hall–Kier alpha value is -3.20. The van der Waals surface area contributed by atoms with Crippen LogP contribution in [0.5, 0.6) is 0 Å². The van der Waals surface area contributed by atoms with E-state index in [1.807, 2.05) is 24.3 Å². The Labute approximate surface area is 143 Å². The third-order valence-electron chi connectivity index (χ3n) is 3.76. The summed E-state index contributed by atoms with van der Waals surface area (Å²) in [5, 5.41) is 6.47. The van der Waals surface area contributed by atoms with Gasteiger partial charge in [0.1, 0.15) is 16.4 Å². The summed E-state index contributed by atoms with van der Waals surface area (Å²) < 4.78 is 27.9. The van der Waals surface area contributed by atoms with Crippen molar-refractivity contribution < 1.29 is 13.2 Å². The zero-order chi connectivity index (χ0) is 17.4. The van der Waals surface area contributed by atoms with Gasteiger partial charge < -0.3 is 15.6 Å². The number of hydrogen-bond donors (Lipinski definition) is 3. The number of carbonyl (C=O) groups excluding carboxylic acids is 1. The second kappa shape index (κ2) is 5.71. The summed E-state index contributed by atoms with van der Waals surface area (Å²) in [6.45, 7) is -0.0464.